The van der Waals surface area contributed by atoms with Crippen LogP contribution in [0.3, 0.4) is 0 Å². The van der Waals surface area contributed by atoms with Crippen LogP contribution < -0.4 is 5.32 Å². The topological polar surface area (TPSA) is 12.0 Å². The van der Waals surface area contributed by atoms with Gasteiger partial charge in [-0.1, -0.05) is 42.1 Å². The second kappa shape index (κ2) is 4.67. The molecular weight excluding hydrogens is 246 g/mol. The van der Waals surface area contributed by atoms with Gasteiger partial charge in [-0.2, -0.15) is 0 Å². The van der Waals surface area contributed by atoms with Crippen molar-refractivity contribution in [3.8, 4) is 0 Å². The molecule has 0 amide bonds. The van der Waals surface area contributed by atoms with Crippen LogP contribution in [0.25, 0.3) is 0 Å². The third-order valence-corrected chi connectivity index (χ3v) is 4.87. The van der Waals surface area contributed by atoms with E-state index >= 15 is 0 Å². The van der Waals surface area contributed by atoms with Crippen LogP contribution in [-0.4, -0.2) is 6.26 Å². The first kappa shape index (κ1) is 11.1. The summed E-state index contributed by atoms with van der Waals surface area (Å²) in [6, 6.07) is 17.1. The van der Waals surface area contributed by atoms with Crippen LogP contribution in [-0.2, 0) is 0 Å². The molecule has 0 spiro atoms. The van der Waals surface area contributed by atoms with Crippen molar-refractivity contribution in [2.75, 3.05) is 11.6 Å². The first-order valence-corrected chi connectivity index (χ1v) is 7.64. The molecule has 0 aromatic heterocycles. The van der Waals surface area contributed by atoms with Gasteiger partial charge in [-0.25, -0.2) is 0 Å². The molecule has 17 heavy (non-hydrogen) atoms. The minimum absolute atomic E-state index is 0.344. The Labute approximate surface area is 110 Å². The average molecular weight is 259 g/mol. The molecule has 86 valence electrons. The molecule has 0 saturated carbocycles. The second-order valence-electron chi connectivity index (χ2n) is 3.88. The minimum Gasteiger partial charge on any atom is -0.368 e. The number of rotatable bonds is 2. The summed E-state index contributed by atoms with van der Waals surface area (Å²) >= 11 is 3.70. The van der Waals surface area contributed by atoms with E-state index in [0.29, 0.717) is 5.37 Å². The van der Waals surface area contributed by atoms with Gasteiger partial charge in [-0.15, -0.1) is 11.8 Å². The van der Waals surface area contributed by atoms with Gasteiger partial charge in [0, 0.05) is 15.5 Å². The fraction of sp³-hybridized carbons (Fsp3) is 0.143. The number of para-hydroxylation sites is 1. The fourth-order valence-electron chi connectivity index (χ4n) is 2.01. The Balaban J connectivity index is 1.94. The first-order valence-electron chi connectivity index (χ1n) is 5.53. The van der Waals surface area contributed by atoms with E-state index in [4.69, 9.17) is 0 Å². The van der Waals surface area contributed by atoms with Crippen molar-refractivity contribution in [2.24, 2.45) is 0 Å². The van der Waals surface area contributed by atoms with Crippen LogP contribution in [0.4, 0.5) is 5.69 Å². The number of nitrogens with one attached hydrogen (secondary N) is 1. The second-order valence-corrected chi connectivity index (χ2v) is 5.88. The van der Waals surface area contributed by atoms with Gasteiger partial charge in [-0.3, -0.25) is 0 Å². The number of hydrogen-bond acceptors (Lipinski definition) is 3. The monoisotopic (exact) mass is 259 g/mol. The Kier molecular flexibility index (Phi) is 3.04. The lowest BCUT2D eigenvalue weighted by atomic mass is 10.2. The highest BCUT2D eigenvalue weighted by atomic mass is 32.2. The standard InChI is InChI=1S/C14H13NS2/c1-16-12-8-4-2-6-10(12)14-15-11-7-3-5-9-13(11)17-14/h2-9,14-15H,1H3. The van der Waals surface area contributed by atoms with Gasteiger partial charge < -0.3 is 5.32 Å². The molecule has 0 bridgehead atoms. The normalized spacial score (nSPS) is 17.6. The lowest BCUT2D eigenvalue weighted by Gasteiger charge is -2.14. The zero-order valence-electron chi connectivity index (χ0n) is 9.51. The molecule has 1 aliphatic heterocycles. The molecule has 0 saturated heterocycles. The molecule has 1 heterocycles. The average Bonchev–Trinajstić information content (AvgIpc) is 2.82. The number of anilines is 1. The lowest BCUT2D eigenvalue weighted by molar-refractivity contribution is 1.08. The molecule has 3 heteroatoms. The van der Waals surface area contributed by atoms with Crippen LogP contribution in [0.5, 0.6) is 0 Å². The molecule has 1 nitrogen and oxygen atoms in total. The molecule has 3 rings (SSSR count). The van der Waals surface area contributed by atoms with Crippen molar-refractivity contribution >= 4 is 29.2 Å². The zero-order chi connectivity index (χ0) is 11.7. The van der Waals surface area contributed by atoms with Crippen molar-refractivity contribution in [3.63, 3.8) is 0 Å². The Bertz CT molecular complexity index is 514. The molecule has 2 aromatic rings. The fourth-order valence-corrected chi connectivity index (χ4v) is 3.90. The Morgan fingerprint density at radius 2 is 1.82 bits per heavy atom. The van der Waals surface area contributed by atoms with E-state index in [-0.39, 0.29) is 0 Å². The van der Waals surface area contributed by atoms with Gasteiger partial charge in [0.2, 0.25) is 0 Å². The van der Waals surface area contributed by atoms with Crippen molar-refractivity contribution in [1.29, 1.82) is 0 Å². The van der Waals surface area contributed by atoms with Gasteiger partial charge in [0.1, 0.15) is 5.37 Å². The quantitative estimate of drug-likeness (QED) is 0.790. The maximum atomic E-state index is 3.58. The van der Waals surface area contributed by atoms with E-state index in [1.165, 1.54) is 21.0 Å². The highest BCUT2D eigenvalue weighted by Gasteiger charge is 2.23. The van der Waals surface area contributed by atoms with Crippen LogP contribution in [0.1, 0.15) is 10.9 Å². The molecule has 2 aromatic carbocycles. The third-order valence-electron chi connectivity index (χ3n) is 2.84. The Morgan fingerprint density at radius 1 is 1.06 bits per heavy atom. The maximum absolute atomic E-state index is 3.58. The summed E-state index contributed by atoms with van der Waals surface area (Å²) in [5.41, 5.74) is 2.62. The summed E-state index contributed by atoms with van der Waals surface area (Å²) in [5, 5.41) is 3.92. The van der Waals surface area contributed by atoms with E-state index in [1.807, 2.05) is 23.5 Å². The molecular formula is C14H13NS2. The molecule has 0 radical (unpaired) electrons. The summed E-state index contributed by atoms with van der Waals surface area (Å²) in [6.07, 6.45) is 2.13. The van der Waals surface area contributed by atoms with Crippen molar-refractivity contribution in [3.05, 3.63) is 54.1 Å². The van der Waals surface area contributed by atoms with Crippen molar-refractivity contribution in [1.82, 2.24) is 0 Å². The number of hydrogen-bond donors (Lipinski definition) is 1. The van der Waals surface area contributed by atoms with E-state index in [0.717, 1.165) is 0 Å². The van der Waals surface area contributed by atoms with Crippen LogP contribution in [0.2, 0.25) is 0 Å². The van der Waals surface area contributed by atoms with E-state index < -0.39 is 0 Å². The number of thioether (sulfide) groups is 2. The summed E-state index contributed by atoms with van der Waals surface area (Å²) in [5.74, 6) is 0. The molecule has 1 aliphatic rings. The Hall–Kier alpha value is -1.06. The maximum Gasteiger partial charge on any atom is 0.104 e. The predicted molar refractivity (Wildman–Crippen MR) is 76.9 cm³/mol. The van der Waals surface area contributed by atoms with E-state index in [9.17, 15) is 0 Å². The first-order chi connectivity index (χ1) is 8.38. The molecule has 0 aliphatic carbocycles. The molecule has 0 fully saturated rings. The summed E-state index contributed by atoms with van der Waals surface area (Å²) in [4.78, 5) is 2.69. The SMILES string of the molecule is CSc1ccccc1C1Nc2ccccc2S1. The third kappa shape index (κ3) is 2.05. The zero-order valence-corrected chi connectivity index (χ0v) is 11.1. The number of benzene rings is 2. The van der Waals surface area contributed by atoms with Crippen molar-refractivity contribution < 1.29 is 0 Å². The minimum atomic E-state index is 0.344. The van der Waals surface area contributed by atoms with Crippen molar-refractivity contribution in [2.45, 2.75) is 15.2 Å². The smallest absolute Gasteiger partial charge is 0.104 e. The Morgan fingerprint density at radius 3 is 2.65 bits per heavy atom. The summed E-state index contributed by atoms with van der Waals surface area (Å²) in [7, 11) is 0. The highest BCUT2D eigenvalue weighted by Crippen LogP contribution is 2.47. The van der Waals surface area contributed by atoms with Gasteiger partial charge in [0.05, 0.1) is 0 Å². The van der Waals surface area contributed by atoms with Crippen LogP contribution in [0.15, 0.2) is 58.3 Å². The van der Waals surface area contributed by atoms with E-state index in [2.05, 4.69) is 60.1 Å². The van der Waals surface area contributed by atoms with Crippen LogP contribution >= 0.6 is 23.5 Å². The summed E-state index contributed by atoms with van der Waals surface area (Å²) in [6.45, 7) is 0. The van der Waals surface area contributed by atoms with Gasteiger partial charge in [-0.05, 0) is 30.0 Å². The molecule has 1 atom stereocenters. The molecule has 1 unspecified atom stereocenters. The number of fused-ring (bicyclic) bond motifs is 1. The van der Waals surface area contributed by atoms with Gasteiger partial charge in [0.15, 0.2) is 0 Å². The largest absolute Gasteiger partial charge is 0.368 e. The van der Waals surface area contributed by atoms with E-state index in [1.54, 1.807) is 0 Å². The predicted octanol–water partition coefficient (Wildman–Crippen LogP) is 4.62. The van der Waals surface area contributed by atoms with Crippen LogP contribution in [0, 0.1) is 0 Å². The van der Waals surface area contributed by atoms with Gasteiger partial charge in [0.25, 0.3) is 0 Å². The highest BCUT2D eigenvalue weighted by molar-refractivity contribution is 8.00. The van der Waals surface area contributed by atoms with Gasteiger partial charge >= 0.3 is 0 Å². The molecule has 1 N–H and O–H groups in total. The summed E-state index contributed by atoms with van der Waals surface area (Å²) < 4.78 is 0. The lowest BCUT2D eigenvalue weighted by Crippen LogP contribution is -2.02.